The summed E-state index contributed by atoms with van der Waals surface area (Å²) in [4.78, 5) is 26.5. The summed E-state index contributed by atoms with van der Waals surface area (Å²) in [6.07, 6.45) is 0. The van der Waals surface area contributed by atoms with Gasteiger partial charge in [0, 0.05) is 5.56 Å². The van der Waals surface area contributed by atoms with Gasteiger partial charge in [-0.2, -0.15) is 5.26 Å². The molecule has 1 saturated heterocycles. The lowest BCUT2D eigenvalue weighted by Gasteiger charge is -2.23. The van der Waals surface area contributed by atoms with Crippen LogP contribution in [0.2, 0.25) is 0 Å². The van der Waals surface area contributed by atoms with Crippen molar-refractivity contribution >= 4 is 11.9 Å². The van der Waals surface area contributed by atoms with Crippen LogP contribution in [-0.2, 0) is 16.9 Å². The fourth-order valence-electron chi connectivity index (χ4n) is 3.71. The first kappa shape index (κ1) is 20.2. The zero-order valence-corrected chi connectivity index (χ0v) is 16.5. The minimum Gasteiger partial charge on any atom is -0.319 e. The summed E-state index contributed by atoms with van der Waals surface area (Å²) in [5, 5.41) is 11.8. The molecular formula is C24H17F2N3O2. The summed E-state index contributed by atoms with van der Waals surface area (Å²) in [5.41, 5.74) is 0.889. The molecule has 31 heavy (non-hydrogen) atoms. The lowest BCUT2D eigenvalue weighted by atomic mass is 9.91. The van der Waals surface area contributed by atoms with Gasteiger partial charge in [0.05, 0.1) is 18.2 Å². The van der Waals surface area contributed by atoms with E-state index in [0.717, 1.165) is 34.2 Å². The molecule has 1 aliphatic heterocycles. The molecule has 0 aliphatic carbocycles. The normalized spacial score (nSPS) is 18.1. The van der Waals surface area contributed by atoms with E-state index in [1.54, 1.807) is 36.4 Å². The van der Waals surface area contributed by atoms with E-state index in [9.17, 15) is 23.6 Å². The SMILES string of the molecule is CC1(c2cc(F)ccc2F)NC(=O)N(Cc2ccc(-c3ccccc3C#N)cc2)C1=O. The second-order valence-electron chi connectivity index (χ2n) is 7.42. The number of nitriles is 1. The third-order valence-corrected chi connectivity index (χ3v) is 5.40. The highest BCUT2D eigenvalue weighted by Crippen LogP contribution is 2.32. The monoisotopic (exact) mass is 417 g/mol. The molecule has 0 aromatic heterocycles. The van der Waals surface area contributed by atoms with Gasteiger partial charge in [0.25, 0.3) is 5.91 Å². The molecule has 0 radical (unpaired) electrons. The van der Waals surface area contributed by atoms with Crippen LogP contribution in [0.1, 0.15) is 23.6 Å². The first-order valence-electron chi connectivity index (χ1n) is 9.51. The van der Waals surface area contributed by atoms with Crippen LogP contribution in [0.5, 0.6) is 0 Å². The summed E-state index contributed by atoms with van der Waals surface area (Å²) < 4.78 is 27.9. The second kappa shape index (κ2) is 7.65. The van der Waals surface area contributed by atoms with Crippen molar-refractivity contribution in [2.45, 2.75) is 19.0 Å². The number of nitrogens with zero attached hydrogens (tertiary/aromatic N) is 2. The maximum atomic E-state index is 14.3. The molecule has 1 N–H and O–H groups in total. The summed E-state index contributed by atoms with van der Waals surface area (Å²) >= 11 is 0. The number of urea groups is 1. The molecule has 7 heteroatoms. The van der Waals surface area contributed by atoms with Gasteiger partial charge in [0.2, 0.25) is 0 Å². The minimum absolute atomic E-state index is 0.0304. The van der Waals surface area contributed by atoms with E-state index in [4.69, 9.17) is 0 Å². The van der Waals surface area contributed by atoms with E-state index in [1.165, 1.54) is 6.92 Å². The predicted molar refractivity (Wildman–Crippen MR) is 109 cm³/mol. The van der Waals surface area contributed by atoms with Gasteiger partial charge in [-0.05, 0) is 47.9 Å². The van der Waals surface area contributed by atoms with Gasteiger partial charge in [-0.3, -0.25) is 9.69 Å². The molecule has 1 atom stereocenters. The third-order valence-electron chi connectivity index (χ3n) is 5.40. The Morgan fingerprint density at radius 2 is 1.74 bits per heavy atom. The lowest BCUT2D eigenvalue weighted by Crippen LogP contribution is -2.41. The van der Waals surface area contributed by atoms with Crippen molar-refractivity contribution in [2.24, 2.45) is 0 Å². The molecule has 3 aromatic carbocycles. The fourth-order valence-corrected chi connectivity index (χ4v) is 3.71. The average Bonchev–Trinajstić information content (AvgIpc) is 2.99. The molecule has 3 aromatic rings. The third kappa shape index (κ3) is 3.53. The Hall–Kier alpha value is -4.05. The average molecular weight is 417 g/mol. The Morgan fingerprint density at radius 3 is 2.45 bits per heavy atom. The quantitative estimate of drug-likeness (QED) is 0.637. The molecule has 0 bridgehead atoms. The number of benzene rings is 3. The lowest BCUT2D eigenvalue weighted by molar-refractivity contribution is -0.131. The van der Waals surface area contributed by atoms with Gasteiger partial charge in [0.15, 0.2) is 0 Å². The number of halogens is 2. The molecule has 0 saturated carbocycles. The number of nitrogens with one attached hydrogen (secondary N) is 1. The number of rotatable bonds is 4. The number of hydrogen-bond acceptors (Lipinski definition) is 3. The molecule has 5 nitrogen and oxygen atoms in total. The van der Waals surface area contributed by atoms with E-state index in [0.29, 0.717) is 11.1 Å². The van der Waals surface area contributed by atoms with E-state index >= 15 is 0 Å². The number of carbonyl (C=O) groups excluding carboxylic acids is 2. The molecule has 1 aliphatic rings. The topological polar surface area (TPSA) is 73.2 Å². The Morgan fingerprint density at radius 1 is 1.03 bits per heavy atom. The van der Waals surface area contributed by atoms with Crippen LogP contribution in [0.3, 0.4) is 0 Å². The molecule has 1 fully saturated rings. The summed E-state index contributed by atoms with van der Waals surface area (Å²) in [6, 6.07) is 18.5. The number of amides is 3. The van der Waals surface area contributed by atoms with Gasteiger partial charge in [0.1, 0.15) is 17.2 Å². The molecular weight excluding hydrogens is 400 g/mol. The minimum atomic E-state index is -1.70. The Kier molecular flexibility index (Phi) is 4.99. The van der Waals surface area contributed by atoms with E-state index in [1.807, 2.05) is 12.1 Å². The fraction of sp³-hybridized carbons (Fsp3) is 0.125. The standard InChI is InChI=1S/C24H17F2N3O2/c1-24(20-12-18(25)10-11-21(20)26)22(30)29(23(31)28-24)14-15-6-8-16(9-7-15)19-5-3-2-4-17(19)13-27/h2-12H,14H2,1H3,(H,28,31). The smallest absolute Gasteiger partial charge is 0.319 e. The van der Waals surface area contributed by atoms with Crippen molar-refractivity contribution in [3.8, 4) is 17.2 Å². The van der Waals surface area contributed by atoms with Gasteiger partial charge in [-0.1, -0.05) is 42.5 Å². The number of hydrogen-bond donors (Lipinski definition) is 1. The van der Waals surface area contributed by atoms with Crippen LogP contribution in [0.15, 0.2) is 66.7 Å². The van der Waals surface area contributed by atoms with Crippen LogP contribution in [0.25, 0.3) is 11.1 Å². The molecule has 1 heterocycles. The van der Waals surface area contributed by atoms with Gasteiger partial charge >= 0.3 is 6.03 Å². The highest BCUT2D eigenvalue weighted by molar-refractivity contribution is 6.07. The Balaban J connectivity index is 1.59. The Bertz CT molecular complexity index is 1230. The van der Waals surface area contributed by atoms with Crippen molar-refractivity contribution in [1.29, 1.82) is 5.26 Å². The van der Waals surface area contributed by atoms with Crippen LogP contribution >= 0.6 is 0 Å². The molecule has 154 valence electrons. The molecule has 0 spiro atoms. The molecule has 4 rings (SSSR count). The van der Waals surface area contributed by atoms with Crippen LogP contribution in [0.4, 0.5) is 13.6 Å². The zero-order chi connectivity index (χ0) is 22.2. The first-order chi connectivity index (χ1) is 14.8. The predicted octanol–water partition coefficient (Wildman–Crippen LogP) is 4.47. The van der Waals surface area contributed by atoms with Crippen molar-refractivity contribution in [1.82, 2.24) is 10.2 Å². The molecule has 3 amide bonds. The highest BCUT2D eigenvalue weighted by Gasteiger charge is 2.50. The Labute approximate surface area is 177 Å². The van der Waals surface area contributed by atoms with Crippen molar-refractivity contribution in [2.75, 3.05) is 0 Å². The number of imide groups is 1. The zero-order valence-electron chi connectivity index (χ0n) is 16.5. The van der Waals surface area contributed by atoms with E-state index in [-0.39, 0.29) is 12.1 Å². The second-order valence-corrected chi connectivity index (χ2v) is 7.42. The van der Waals surface area contributed by atoms with Crippen LogP contribution in [-0.4, -0.2) is 16.8 Å². The molecule has 1 unspecified atom stereocenters. The summed E-state index contributed by atoms with van der Waals surface area (Å²) in [5.74, 6) is -2.15. The van der Waals surface area contributed by atoms with Gasteiger partial charge < -0.3 is 5.32 Å². The van der Waals surface area contributed by atoms with Crippen molar-refractivity contribution < 1.29 is 18.4 Å². The highest BCUT2D eigenvalue weighted by atomic mass is 19.1. The van der Waals surface area contributed by atoms with Crippen molar-refractivity contribution in [3.05, 3.63) is 95.1 Å². The maximum absolute atomic E-state index is 14.3. The summed E-state index contributed by atoms with van der Waals surface area (Å²) in [7, 11) is 0. The van der Waals surface area contributed by atoms with Gasteiger partial charge in [-0.15, -0.1) is 0 Å². The van der Waals surface area contributed by atoms with E-state index in [2.05, 4.69) is 11.4 Å². The van der Waals surface area contributed by atoms with Crippen molar-refractivity contribution in [3.63, 3.8) is 0 Å². The largest absolute Gasteiger partial charge is 0.325 e. The van der Waals surface area contributed by atoms with Crippen LogP contribution in [0, 0.1) is 23.0 Å². The maximum Gasteiger partial charge on any atom is 0.325 e. The number of carbonyl (C=O) groups is 2. The van der Waals surface area contributed by atoms with Gasteiger partial charge in [-0.25, -0.2) is 13.6 Å². The summed E-state index contributed by atoms with van der Waals surface area (Å²) in [6.45, 7) is 1.32. The van der Waals surface area contributed by atoms with Crippen LogP contribution < -0.4 is 5.32 Å². The van der Waals surface area contributed by atoms with E-state index < -0.39 is 29.1 Å². The first-order valence-corrected chi connectivity index (χ1v) is 9.51.